The van der Waals surface area contributed by atoms with E-state index in [1.54, 1.807) is 6.92 Å². The van der Waals surface area contributed by atoms with E-state index in [4.69, 9.17) is 9.26 Å². The van der Waals surface area contributed by atoms with Crippen molar-refractivity contribution in [2.24, 2.45) is 0 Å². The maximum Gasteiger partial charge on any atom is 0.356 e. The highest BCUT2D eigenvalue weighted by Gasteiger charge is 2.49. The summed E-state index contributed by atoms with van der Waals surface area (Å²) in [5, 5.41) is 19.9. The third-order valence-corrected chi connectivity index (χ3v) is 6.82. The molecule has 0 aliphatic carbocycles. The molecule has 1 aliphatic rings. The zero-order valence-electron chi connectivity index (χ0n) is 15.8. The Hall–Kier alpha value is -1.16. The van der Waals surface area contributed by atoms with Crippen LogP contribution in [0.25, 0.3) is 0 Å². The van der Waals surface area contributed by atoms with Gasteiger partial charge in [0.1, 0.15) is 18.0 Å². The summed E-state index contributed by atoms with van der Waals surface area (Å²) >= 11 is 0. The molecule has 0 saturated carbocycles. The van der Waals surface area contributed by atoms with E-state index in [0.717, 1.165) is 6.20 Å². The van der Waals surface area contributed by atoms with Crippen LogP contribution in [-0.4, -0.2) is 49.9 Å². The number of hydrogen-bond donors (Lipinski definition) is 4. The number of alkyl halides is 1. The molecule has 28 heavy (non-hydrogen) atoms. The molecule has 8 nitrogen and oxygen atoms in total. The normalized spacial score (nSPS) is 30.6. The molecule has 0 aromatic carbocycles. The van der Waals surface area contributed by atoms with Crippen LogP contribution in [-0.2, 0) is 13.8 Å². The second-order valence-electron chi connectivity index (χ2n) is 7.18. The monoisotopic (exact) mass is 425 g/mol. The number of aliphatic hydroxyl groups excluding tert-OH is 2. The molecule has 1 aromatic rings. The van der Waals surface area contributed by atoms with Gasteiger partial charge in [-0.25, -0.2) is 8.78 Å². The average molecular weight is 425 g/mol. The van der Waals surface area contributed by atoms with Crippen molar-refractivity contribution in [3.05, 3.63) is 34.0 Å². The third kappa shape index (κ3) is 4.87. The number of aliphatic hydroxyl groups is 2. The lowest BCUT2D eigenvalue weighted by molar-refractivity contribution is -0.0499. The van der Waals surface area contributed by atoms with Gasteiger partial charge in [0, 0.05) is 24.2 Å². The molecule has 7 atom stereocenters. The molecular weight excluding hydrogens is 399 g/mol. The summed E-state index contributed by atoms with van der Waals surface area (Å²) in [5.74, 6) is -2.55. The molecule has 0 bridgehead atoms. The van der Waals surface area contributed by atoms with Crippen molar-refractivity contribution in [3.8, 4) is 0 Å². The number of H-pyrrole nitrogens is 1. The summed E-state index contributed by atoms with van der Waals surface area (Å²) in [4.78, 5) is 23.3. The maximum atomic E-state index is 14.6. The minimum absolute atomic E-state index is 0.00373. The molecule has 160 valence electrons. The Kier molecular flexibility index (Phi) is 7.17. The Morgan fingerprint density at radius 2 is 2.11 bits per heavy atom. The number of aromatic nitrogens is 1. The number of ether oxygens (including phenoxy) is 1. The highest BCUT2D eigenvalue weighted by atomic mass is 31.2. The molecule has 2 heterocycles. The molecule has 2 rings (SSSR count). The number of hydrogen-bond acceptors (Lipinski definition) is 6. The standard InChI is InChI=1S/C17H26F2NO7P/c1-4-13(22)28(24,25)27-17(3,5-2)7-11-15(23)14(19)16(26-11)9-8-20-12(21)6-10(9)18/h6,8,11,13-16,22-23H,4-5,7H2,1-3H3,(H,20,21)(H,24,25)/t11-,13?,14+,15?,16+,17?/m1/s1. The summed E-state index contributed by atoms with van der Waals surface area (Å²) in [6, 6.07) is 0.651. The molecule has 11 heteroatoms. The van der Waals surface area contributed by atoms with Gasteiger partial charge in [-0.15, -0.1) is 0 Å². The fourth-order valence-electron chi connectivity index (χ4n) is 3.10. The van der Waals surface area contributed by atoms with Gasteiger partial charge in [-0.05, 0) is 19.8 Å². The molecule has 4 unspecified atom stereocenters. The predicted octanol–water partition coefficient (Wildman–Crippen LogP) is 2.14. The smallest absolute Gasteiger partial charge is 0.356 e. The minimum Gasteiger partial charge on any atom is -0.387 e. The van der Waals surface area contributed by atoms with Gasteiger partial charge in [0.25, 0.3) is 5.56 Å². The van der Waals surface area contributed by atoms with E-state index in [1.807, 2.05) is 0 Å². The Balaban J connectivity index is 2.20. The van der Waals surface area contributed by atoms with Crippen LogP contribution in [0.15, 0.2) is 17.1 Å². The van der Waals surface area contributed by atoms with Crippen molar-refractivity contribution in [2.75, 3.05) is 0 Å². The van der Waals surface area contributed by atoms with Crippen LogP contribution in [0.5, 0.6) is 0 Å². The first kappa shape index (κ1) is 23.1. The molecule has 4 N–H and O–H groups in total. The van der Waals surface area contributed by atoms with Gasteiger partial charge in [0.05, 0.1) is 11.7 Å². The first-order valence-corrected chi connectivity index (χ1v) is 10.7. The molecule has 0 amide bonds. The highest BCUT2D eigenvalue weighted by Crippen LogP contribution is 2.53. The number of rotatable bonds is 8. The fraction of sp³-hybridized carbons (Fsp3) is 0.706. The summed E-state index contributed by atoms with van der Waals surface area (Å²) in [7, 11) is -4.38. The van der Waals surface area contributed by atoms with E-state index in [1.165, 1.54) is 13.8 Å². The second kappa shape index (κ2) is 8.69. The number of pyridine rings is 1. The van der Waals surface area contributed by atoms with Crippen molar-refractivity contribution >= 4 is 7.60 Å². The number of halogens is 2. The first-order valence-electron chi connectivity index (χ1n) is 9.01. The lowest BCUT2D eigenvalue weighted by Gasteiger charge is -2.34. The summed E-state index contributed by atoms with van der Waals surface area (Å²) in [5.41, 5.74) is -2.27. The Morgan fingerprint density at radius 3 is 2.64 bits per heavy atom. The van der Waals surface area contributed by atoms with E-state index >= 15 is 0 Å². The Morgan fingerprint density at radius 1 is 1.46 bits per heavy atom. The molecule has 1 aliphatic heterocycles. The van der Waals surface area contributed by atoms with Crippen LogP contribution in [0.3, 0.4) is 0 Å². The van der Waals surface area contributed by atoms with Crippen LogP contribution in [0.4, 0.5) is 8.78 Å². The van der Waals surface area contributed by atoms with E-state index in [2.05, 4.69) is 4.98 Å². The zero-order chi connectivity index (χ0) is 21.3. The van der Waals surface area contributed by atoms with Crippen molar-refractivity contribution < 1.29 is 37.7 Å². The quantitative estimate of drug-likeness (QED) is 0.470. The summed E-state index contributed by atoms with van der Waals surface area (Å²) in [6.07, 6.45) is -5.22. The Bertz CT molecular complexity index is 791. The van der Waals surface area contributed by atoms with E-state index in [0.29, 0.717) is 6.07 Å². The molecular formula is C17H26F2NO7P. The third-order valence-electron chi connectivity index (χ3n) is 5.00. The predicted molar refractivity (Wildman–Crippen MR) is 96.1 cm³/mol. The topological polar surface area (TPSA) is 129 Å². The maximum absolute atomic E-state index is 14.6. The Labute approximate surface area is 161 Å². The van der Waals surface area contributed by atoms with Crippen LogP contribution in [0, 0.1) is 5.82 Å². The van der Waals surface area contributed by atoms with Crippen molar-refractivity contribution in [1.29, 1.82) is 0 Å². The molecule has 1 saturated heterocycles. The van der Waals surface area contributed by atoms with Crippen molar-refractivity contribution in [2.45, 2.75) is 76.0 Å². The van der Waals surface area contributed by atoms with E-state index in [9.17, 15) is 33.2 Å². The van der Waals surface area contributed by atoms with E-state index < -0.39 is 54.9 Å². The zero-order valence-corrected chi connectivity index (χ0v) is 16.7. The van der Waals surface area contributed by atoms with Gasteiger partial charge in [0.2, 0.25) is 0 Å². The first-order chi connectivity index (χ1) is 12.9. The van der Waals surface area contributed by atoms with Gasteiger partial charge < -0.3 is 29.4 Å². The minimum atomic E-state index is -4.38. The number of nitrogens with one attached hydrogen (secondary N) is 1. The summed E-state index contributed by atoms with van der Waals surface area (Å²) < 4.78 is 51.6. The van der Waals surface area contributed by atoms with Crippen LogP contribution in [0.1, 0.15) is 51.7 Å². The molecule has 1 fully saturated rings. The van der Waals surface area contributed by atoms with Gasteiger partial charge in [0.15, 0.2) is 12.0 Å². The lowest BCUT2D eigenvalue weighted by atomic mass is 9.92. The average Bonchev–Trinajstić information content (AvgIpc) is 2.88. The molecule has 0 spiro atoms. The fourth-order valence-corrected chi connectivity index (χ4v) is 4.52. The largest absolute Gasteiger partial charge is 0.387 e. The van der Waals surface area contributed by atoms with Crippen LogP contribution >= 0.6 is 7.60 Å². The summed E-state index contributed by atoms with van der Waals surface area (Å²) in [6.45, 7) is 4.65. The molecule has 1 aromatic heterocycles. The van der Waals surface area contributed by atoms with Gasteiger partial charge in [-0.2, -0.15) is 0 Å². The number of aromatic amines is 1. The SMILES string of the molecule is CCC(O)P(=O)(O)OC(C)(CC)C[C@H]1O[C@@H](c2c[nH]c(=O)cc2F)[C@@H](F)C1O. The van der Waals surface area contributed by atoms with Crippen molar-refractivity contribution in [1.82, 2.24) is 4.98 Å². The highest BCUT2D eigenvalue weighted by molar-refractivity contribution is 7.53. The second-order valence-corrected chi connectivity index (χ2v) is 9.09. The van der Waals surface area contributed by atoms with Crippen molar-refractivity contribution in [3.63, 3.8) is 0 Å². The van der Waals surface area contributed by atoms with Gasteiger partial charge in [-0.1, -0.05) is 13.8 Å². The lowest BCUT2D eigenvalue weighted by Crippen LogP contribution is -2.38. The van der Waals surface area contributed by atoms with Gasteiger partial charge in [-0.3, -0.25) is 9.36 Å². The van der Waals surface area contributed by atoms with Crippen LogP contribution in [0.2, 0.25) is 0 Å². The van der Waals surface area contributed by atoms with Gasteiger partial charge >= 0.3 is 7.60 Å². The van der Waals surface area contributed by atoms with E-state index in [-0.39, 0.29) is 24.8 Å². The van der Waals surface area contributed by atoms with Crippen LogP contribution < -0.4 is 5.56 Å². The molecule has 0 radical (unpaired) electrons.